The number of ether oxygens (including phenoxy) is 2. The van der Waals surface area contributed by atoms with Crippen LogP contribution >= 0.6 is 22.7 Å². The molecule has 4 aromatic heterocycles. The van der Waals surface area contributed by atoms with E-state index in [4.69, 9.17) is 19.4 Å². The molecule has 6 aromatic rings. The summed E-state index contributed by atoms with van der Waals surface area (Å²) in [4.78, 5) is 71.9. The highest BCUT2D eigenvalue weighted by Crippen LogP contribution is 2.44. The van der Waals surface area contributed by atoms with E-state index < -0.39 is 24.3 Å². The first-order valence-corrected chi connectivity index (χ1v) is 21.5. The fourth-order valence-electron chi connectivity index (χ4n) is 8.11. The summed E-state index contributed by atoms with van der Waals surface area (Å²) in [7, 11) is 2.58. The lowest BCUT2D eigenvalue weighted by molar-refractivity contribution is -0.135. The lowest BCUT2D eigenvalue weighted by Crippen LogP contribution is -2.51. The largest absolute Gasteiger partial charge is 0.453 e. The Balaban J connectivity index is 0.968. The average Bonchev–Trinajstić information content (AvgIpc) is 4.11. The highest BCUT2D eigenvalue weighted by Gasteiger charge is 2.39. The molecule has 2 aliphatic rings. The molecule has 4 atom stereocenters. The van der Waals surface area contributed by atoms with Gasteiger partial charge in [-0.25, -0.2) is 19.6 Å². The Morgan fingerprint density at radius 1 is 0.712 bits per heavy atom. The first kappa shape index (κ1) is 39.8. The second kappa shape index (κ2) is 17.1. The summed E-state index contributed by atoms with van der Waals surface area (Å²) >= 11 is 3.38. The van der Waals surface area contributed by atoms with Crippen LogP contribution in [0.3, 0.4) is 0 Å². The van der Waals surface area contributed by atoms with E-state index in [1.165, 1.54) is 18.9 Å². The summed E-state index contributed by atoms with van der Waals surface area (Å²) in [5.41, 5.74) is 6.72. The minimum Gasteiger partial charge on any atom is -0.453 e. The number of hydrogen-bond acceptors (Lipinski definition) is 10. The Labute approximate surface area is 349 Å². The number of nitrogens with one attached hydrogen (secondary N) is 4. The lowest BCUT2D eigenvalue weighted by atomic mass is 10.0. The molecule has 16 heteroatoms. The fraction of sp³-hybridized carbons (Fsp3) is 0.349. The number of methoxy groups -OCH3 is 2. The van der Waals surface area contributed by atoms with Crippen LogP contribution in [0.4, 0.5) is 9.59 Å². The molecule has 0 spiro atoms. The predicted molar refractivity (Wildman–Crippen MR) is 227 cm³/mol. The number of fused-ring (bicyclic) bond motifs is 1. The molecule has 4 amide bonds. The predicted octanol–water partition coefficient (Wildman–Crippen LogP) is 8.21. The highest BCUT2D eigenvalue weighted by atomic mass is 32.1. The van der Waals surface area contributed by atoms with Gasteiger partial charge in [-0.05, 0) is 48.3 Å². The monoisotopic (exact) mass is 834 g/mol. The Hall–Kier alpha value is -6.00. The first-order chi connectivity index (χ1) is 28.6. The molecular weight excluding hydrogens is 789 g/mol. The molecule has 2 aromatic carbocycles. The zero-order chi connectivity index (χ0) is 41.2. The minimum atomic E-state index is -0.882. The van der Waals surface area contributed by atoms with Crippen molar-refractivity contribution < 1.29 is 28.7 Å². The van der Waals surface area contributed by atoms with Crippen LogP contribution in [0.2, 0.25) is 0 Å². The van der Waals surface area contributed by atoms with Crippen molar-refractivity contribution in [2.24, 2.45) is 5.92 Å². The van der Waals surface area contributed by atoms with Gasteiger partial charge in [-0.1, -0.05) is 68.4 Å². The normalized spacial score (nSPS) is 17.6. The molecule has 2 aliphatic heterocycles. The fourth-order valence-corrected chi connectivity index (χ4v) is 10.6. The molecule has 2 unspecified atom stereocenters. The van der Waals surface area contributed by atoms with Crippen molar-refractivity contribution in [3.05, 3.63) is 95.0 Å². The molecule has 2 fully saturated rings. The van der Waals surface area contributed by atoms with Gasteiger partial charge in [0.15, 0.2) is 0 Å². The highest BCUT2D eigenvalue weighted by molar-refractivity contribution is 7.27. The molecule has 4 N–H and O–H groups in total. The molecule has 0 saturated carbocycles. The van der Waals surface area contributed by atoms with Crippen LogP contribution in [0.25, 0.3) is 43.0 Å². The Kier molecular flexibility index (Phi) is 11.5. The van der Waals surface area contributed by atoms with E-state index in [9.17, 15) is 19.2 Å². The van der Waals surface area contributed by atoms with Crippen molar-refractivity contribution in [2.75, 3.05) is 27.3 Å². The maximum atomic E-state index is 14.0. The summed E-state index contributed by atoms with van der Waals surface area (Å²) in [5.74, 6) is 0.982. The van der Waals surface area contributed by atoms with E-state index in [0.29, 0.717) is 24.5 Å². The standard InChI is InChI=1S/C43H46N8O6S2/c1-24(2)34(48-42(54)56-3)40(52)50-18-8-12-32(50)38-44-20-30(46-38)26-16-14-25(15-17-26)28-22-58-37-29(23-59-36(28)37)31-21-45-39(47-31)33-13-9-19-51(33)41(53)35(49-43(55)57-4)27-10-6-5-7-11-27/h5-7,10-11,14-17,20-24,32-35H,8-9,12-13,18-19H2,1-4H3,(H,44,46)(H,45,47)(H,48,54)(H,49,55)/t32?,33?,34-,35+/m0/s1. The molecule has 0 radical (unpaired) electrons. The van der Waals surface area contributed by atoms with Gasteiger partial charge in [-0.3, -0.25) is 9.59 Å². The number of alkyl carbamates (subject to hydrolysis) is 2. The van der Waals surface area contributed by atoms with E-state index in [0.717, 1.165) is 69.8 Å². The maximum absolute atomic E-state index is 14.0. The molecule has 6 heterocycles. The van der Waals surface area contributed by atoms with E-state index in [-0.39, 0.29) is 29.8 Å². The van der Waals surface area contributed by atoms with Crippen molar-refractivity contribution in [1.29, 1.82) is 0 Å². The number of nitrogens with zero attached hydrogens (tertiary/aromatic N) is 4. The lowest BCUT2D eigenvalue weighted by Gasteiger charge is -2.30. The summed E-state index contributed by atoms with van der Waals surface area (Å²) in [6, 6.07) is 15.5. The molecule has 2 saturated heterocycles. The second-order valence-electron chi connectivity index (χ2n) is 15.1. The van der Waals surface area contributed by atoms with Gasteiger partial charge >= 0.3 is 12.2 Å². The number of imidazole rings is 2. The summed E-state index contributed by atoms with van der Waals surface area (Å²) in [6.45, 7) is 4.95. The van der Waals surface area contributed by atoms with Crippen LogP contribution in [-0.2, 0) is 19.1 Å². The third-order valence-corrected chi connectivity index (χ3v) is 13.4. The zero-order valence-electron chi connectivity index (χ0n) is 33.2. The number of H-pyrrole nitrogens is 2. The van der Waals surface area contributed by atoms with Crippen LogP contribution in [0.1, 0.15) is 74.9 Å². The van der Waals surface area contributed by atoms with Gasteiger partial charge in [-0.2, -0.15) is 0 Å². The first-order valence-electron chi connectivity index (χ1n) is 19.7. The molecule has 306 valence electrons. The van der Waals surface area contributed by atoms with Gasteiger partial charge in [0, 0.05) is 35.0 Å². The molecule has 59 heavy (non-hydrogen) atoms. The van der Waals surface area contributed by atoms with Gasteiger partial charge in [0.1, 0.15) is 23.7 Å². The number of hydrogen-bond donors (Lipinski definition) is 4. The van der Waals surface area contributed by atoms with Gasteiger partial charge in [0.25, 0.3) is 5.91 Å². The molecular formula is C43H46N8O6S2. The summed E-state index contributed by atoms with van der Waals surface area (Å²) in [5, 5.41) is 9.76. The van der Waals surface area contributed by atoms with Crippen molar-refractivity contribution in [3.63, 3.8) is 0 Å². The van der Waals surface area contributed by atoms with Gasteiger partial charge in [0.05, 0.1) is 59.5 Å². The SMILES string of the molecule is COC(=O)N[C@H](C(=O)N1CCCC1c1ncc(-c2ccc(-c3csc4c(-c5cnc(C6CCCN6C(=O)[C@H](NC(=O)OC)c6ccccc6)[nH]5)csc34)cc2)[nH]1)C(C)C. The number of carbonyl (C=O) groups is 4. The number of benzene rings is 2. The number of likely N-dealkylation sites (tertiary alicyclic amines) is 2. The smallest absolute Gasteiger partial charge is 0.407 e. The topological polar surface area (TPSA) is 175 Å². The quantitative estimate of drug-likeness (QED) is 0.101. The van der Waals surface area contributed by atoms with E-state index >= 15 is 0 Å². The second-order valence-corrected chi connectivity index (χ2v) is 16.9. The molecule has 8 rings (SSSR count). The van der Waals surface area contributed by atoms with Crippen LogP contribution in [0, 0.1) is 5.92 Å². The number of aromatic nitrogens is 4. The third-order valence-electron chi connectivity index (χ3n) is 11.2. The Morgan fingerprint density at radius 2 is 1.25 bits per heavy atom. The van der Waals surface area contributed by atoms with E-state index in [1.807, 2.05) is 61.5 Å². The van der Waals surface area contributed by atoms with Gasteiger partial charge in [0.2, 0.25) is 5.91 Å². The van der Waals surface area contributed by atoms with Gasteiger partial charge < -0.3 is 39.9 Å². The zero-order valence-corrected chi connectivity index (χ0v) is 34.8. The Morgan fingerprint density at radius 3 is 1.88 bits per heavy atom. The molecule has 0 aliphatic carbocycles. The van der Waals surface area contributed by atoms with Crippen LogP contribution in [0.5, 0.6) is 0 Å². The minimum absolute atomic E-state index is 0.108. The van der Waals surface area contributed by atoms with Crippen LogP contribution in [0.15, 0.2) is 77.8 Å². The maximum Gasteiger partial charge on any atom is 0.407 e. The number of amides is 4. The average molecular weight is 835 g/mol. The van der Waals surface area contributed by atoms with Gasteiger partial charge in [-0.15, -0.1) is 22.7 Å². The summed E-state index contributed by atoms with van der Waals surface area (Å²) in [6.07, 6.45) is 5.56. The van der Waals surface area contributed by atoms with Crippen molar-refractivity contribution in [2.45, 2.75) is 63.7 Å². The summed E-state index contributed by atoms with van der Waals surface area (Å²) < 4.78 is 12.0. The number of aromatic amines is 2. The number of thiophene rings is 2. The van der Waals surface area contributed by atoms with Crippen molar-refractivity contribution in [1.82, 2.24) is 40.4 Å². The van der Waals surface area contributed by atoms with Crippen molar-refractivity contribution >= 4 is 56.1 Å². The third kappa shape index (κ3) is 7.93. The van der Waals surface area contributed by atoms with Crippen LogP contribution in [-0.4, -0.2) is 87.1 Å². The molecule has 14 nitrogen and oxygen atoms in total. The van der Waals surface area contributed by atoms with E-state index in [2.05, 4.69) is 55.6 Å². The number of rotatable bonds is 11. The van der Waals surface area contributed by atoms with Crippen LogP contribution < -0.4 is 10.6 Å². The number of carbonyl (C=O) groups excluding carboxylic acids is 4. The molecule has 0 bridgehead atoms. The van der Waals surface area contributed by atoms with Crippen molar-refractivity contribution in [3.8, 4) is 33.6 Å². The van der Waals surface area contributed by atoms with E-state index in [1.54, 1.807) is 27.6 Å². The Bertz CT molecular complexity index is 2460.